The predicted octanol–water partition coefficient (Wildman–Crippen LogP) is 2.91. The molecule has 0 aromatic carbocycles. The van der Waals surface area contributed by atoms with E-state index in [4.69, 9.17) is 0 Å². The van der Waals surface area contributed by atoms with E-state index in [2.05, 4.69) is 36.6 Å². The fourth-order valence-corrected chi connectivity index (χ4v) is 4.31. The largest absolute Gasteiger partial charge is 0.362 e. The second-order valence-corrected chi connectivity index (χ2v) is 8.36. The van der Waals surface area contributed by atoms with Crippen LogP contribution in [0.25, 0.3) is 0 Å². The van der Waals surface area contributed by atoms with Crippen LogP contribution in [0.5, 0.6) is 0 Å². The topological polar surface area (TPSA) is 90.2 Å². The molecule has 0 fully saturated rings. The number of nitrogens with zero attached hydrogens (tertiary/aromatic N) is 2. The number of H-pyrrole nitrogens is 1. The molecule has 1 amide bonds. The summed E-state index contributed by atoms with van der Waals surface area (Å²) in [5.41, 5.74) is 4.77. The molecule has 1 unspecified atom stereocenters. The zero-order chi connectivity index (χ0) is 20.7. The Morgan fingerprint density at radius 3 is 2.79 bits per heavy atom. The number of pyridine rings is 1. The van der Waals surface area contributed by atoms with Gasteiger partial charge < -0.3 is 5.32 Å². The highest BCUT2D eigenvalue weighted by molar-refractivity contribution is 9.10. The number of aromatic nitrogens is 3. The molecule has 2 aromatic heterocycles. The van der Waals surface area contributed by atoms with Crippen molar-refractivity contribution in [2.45, 2.75) is 39.0 Å². The standard InChI is InChI=1S/C21H22BrN5O2/c1-11-18(21(29)26-17-8-7-13(22)9-23-17)19(14-10-24-27(3)12(14)2)20-15(25-11)5-4-6-16(20)28/h7-10,19,25H,4-6H2,1-3H3,(H,23,26,29)/p+1. The van der Waals surface area contributed by atoms with Crippen LogP contribution in [0.15, 0.2) is 51.5 Å². The average Bonchev–Trinajstić information content (AvgIpc) is 3.01. The summed E-state index contributed by atoms with van der Waals surface area (Å²) >= 11 is 3.38. The van der Waals surface area contributed by atoms with Gasteiger partial charge >= 0.3 is 5.91 Å². The number of carbonyl (C=O) groups is 2. The number of aromatic amines is 1. The zero-order valence-electron chi connectivity index (χ0n) is 16.6. The average molecular weight is 457 g/mol. The van der Waals surface area contributed by atoms with E-state index in [1.807, 2.05) is 27.0 Å². The number of hydrogen-bond acceptors (Lipinski definition) is 4. The molecule has 0 bridgehead atoms. The highest BCUT2D eigenvalue weighted by atomic mass is 79.9. The molecule has 150 valence electrons. The summed E-state index contributed by atoms with van der Waals surface area (Å²) in [7, 11) is 1.87. The van der Waals surface area contributed by atoms with E-state index in [1.54, 1.807) is 23.1 Å². The van der Waals surface area contributed by atoms with Crippen LogP contribution in [0.3, 0.4) is 0 Å². The highest BCUT2D eigenvalue weighted by Crippen LogP contribution is 2.43. The Labute approximate surface area is 177 Å². The molecule has 2 aromatic rings. The third-order valence-electron chi connectivity index (χ3n) is 5.63. The molecule has 0 saturated carbocycles. The molecule has 1 aliphatic carbocycles. The van der Waals surface area contributed by atoms with E-state index >= 15 is 0 Å². The normalized spacial score (nSPS) is 19.2. The molecule has 8 heteroatoms. The Hall–Kier alpha value is -2.74. The molecule has 3 heterocycles. The number of hydrogen-bond donors (Lipinski definition) is 2. The van der Waals surface area contributed by atoms with Crippen molar-refractivity contribution in [3.63, 3.8) is 0 Å². The maximum absolute atomic E-state index is 13.3. The van der Waals surface area contributed by atoms with Crippen molar-refractivity contribution in [3.8, 4) is 0 Å². The van der Waals surface area contributed by atoms with Crippen molar-refractivity contribution in [1.82, 2.24) is 15.1 Å². The Bertz CT molecular complexity index is 1070. The van der Waals surface area contributed by atoms with E-state index in [0.29, 0.717) is 23.4 Å². The lowest BCUT2D eigenvalue weighted by atomic mass is 9.75. The van der Waals surface area contributed by atoms with E-state index in [-0.39, 0.29) is 11.7 Å². The smallest absolute Gasteiger partial charge is 0.337 e. The van der Waals surface area contributed by atoms with Crippen molar-refractivity contribution in [2.24, 2.45) is 7.05 Å². The summed E-state index contributed by atoms with van der Waals surface area (Å²) in [5, 5.41) is 10.6. The van der Waals surface area contributed by atoms with Gasteiger partial charge in [0.15, 0.2) is 5.78 Å². The van der Waals surface area contributed by atoms with Crippen LogP contribution in [-0.2, 0) is 16.6 Å². The summed E-state index contributed by atoms with van der Waals surface area (Å²) in [6.45, 7) is 3.85. The number of nitrogens with one attached hydrogen (secondary N) is 3. The van der Waals surface area contributed by atoms with Crippen LogP contribution in [0, 0.1) is 6.92 Å². The summed E-state index contributed by atoms with van der Waals surface area (Å²) in [5.74, 6) is 0.00450. The third kappa shape index (κ3) is 3.53. The number of aryl methyl sites for hydroxylation is 1. The number of allylic oxidation sites excluding steroid dienone is 3. The molecule has 4 rings (SSSR count). The second-order valence-electron chi connectivity index (χ2n) is 7.45. The van der Waals surface area contributed by atoms with Gasteiger partial charge in [0.05, 0.1) is 22.2 Å². The molecule has 2 aliphatic rings. The maximum atomic E-state index is 13.3. The molecule has 1 aliphatic heterocycles. The molecule has 29 heavy (non-hydrogen) atoms. The Morgan fingerprint density at radius 2 is 2.14 bits per heavy atom. The quantitative estimate of drug-likeness (QED) is 0.742. The number of anilines is 1. The first-order valence-corrected chi connectivity index (χ1v) is 10.4. The molecular weight excluding hydrogens is 434 g/mol. The molecule has 0 saturated heterocycles. The van der Waals surface area contributed by atoms with Gasteiger partial charge in [-0.05, 0) is 48.7 Å². The summed E-state index contributed by atoms with van der Waals surface area (Å²) in [6, 6.07) is 3.63. The van der Waals surface area contributed by atoms with E-state index < -0.39 is 5.92 Å². The third-order valence-corrected chi connectivity index (χ3v) is 6.12. The van der Waals surface area contributed by atoms with Crippen molar-refractivity contribution < 1.29 is 14.6 Å². The van der Waals surface area contributed by atoms with Crippen LogP contribution in [0.1, 0.15) is 43.4 Å². The van der Waals surface area contributed by atoms with Crippen LogP contribution in [0.2, 0.25) is 0 Å². The first-order valence-electron chi connectivity index (χ1n) is 9.58. The fourth-order valence-electron chi connectivity index (χ4n) is 4.07. The Kier molecular flexibility index (Phi) is 5.12. The second kappa shape index (κ2) is 7.59. The Morgan fingerprint density at radius 1 is 1.34 bits per heavy atom. The van der Waals surface area contributed by atoms with E-state index in [1.165, 1.54) is 0 Å². The summed E-state index contributed by atoms with van der Waals surface area (Å²) in [6.07, 6.45) is 5.66. The SMILES string of the molecule is CC1=C(C(=O)Nc2ccc(Br)c[nH+]2)C(c2cnn(C)c2C)C2=C(CCCC2=O)N1. The lowest BCUT2D eigenvalue weighted by molar-refractivity contribution is -0.361. The first kappa shape index (κ1) is 19.6. The van der Waals surface area contributed by atoms with Gasteiger partial charge in [0, 0.05) is 47.8 Å². The summed E-state index contributed by atoms with van der Waals surface area (Å²) in [4.78, 5) is 29.3. The van der Waals surface area contributed by atoms with E-state index in [9.17, 15) is 9.59 Å². The van der Waals surface area contributed by atoms with Crippen molar-refractivity contribution >= 4 is 33.4 Å². The monoisotopic (exact) mass is 456 g/mol. The van der Waals surface area contributed by atoms with Crippen LogP contribution in [0.4, 0.5) is 5.82 Å². The molecular formula is C21H23BrN5O2+. The fraction of sp³-hybridized carbons (Fsp3) is 0.333. The Balaban J connectivity index is 1.79. The van der Waals surface area contributed by atoms with Crippen molar-refractivity contribution in [1.29, 1.82) is 0 Å². The lowest BCUT2D eigenvalue weighted by Crippen LogP contribution is -2.36. The molecule has 7 nitrogen and oxygen atoms in total. The van der Waals surface area contributed by atoms with Crippen LogP contribution < -0.4 is 15.6 Å². The zero-order valence-corrected chi connectivity index (χ0v) is 18.2. The number of halogens is 1. The predicted molar refractivity (Wildman–Crippen MR) is 112 cm³/mol. The summed E-state index contributed by atoms with van der Waals surface area (Å²) < 4.78 is 2.66. The highest BCUT2D eigenvalue weighted by Gasteiger charge is 2.41. The lowest BCUT2D eigenvalue weighted by Gasteiger charge is -2.33. The van der Waals surface area contributed by atoms with Crippen LogP contribution in [-0.4, -0.2) is 21.5 Å². The van der Waals surface area contributed by atoms with Gasteiger partial charge in [0.25, 0.3) is 5.82 Å². The molecule has 0 radical (unpaired) electrons. The molecule has 1 atom stereocenters. The molecule has 0 spiro atoms. The van der Waals surface area contributed by atoms with Gasteiger partial charge in [-0.1, -0.05) is 0 Å². The number of dihydropyridines is 1. The van der Waals surface area contributed by atoms with Crippen LogP contribution >= 0.6 is 15.9 Å². The minimum absolute atomic E-state index is 0.0972. The van der Waals surface area contributed by atoms with Gasteiger partial charge in [-0.3, -0.25) is 9.48 Å². The molecule has 3 N–H and O–H groups in total. The maximum Gasteiger partial charge on any atom is 0.337 e. The minimum Gasteiger partial charge on any atom is -0.362 e. The first-order chi connectivity index (χ1) is 13.9. The minimum atomic E-state index is -0.428. The number of Topliss-reactive ketones (excluding diaryl/α,β-unsaturated/α-hetero) is 1. The van der Waals surface area contributed by atoms with E-state index in [0.717, 1.165) is 40.0 Å². The number of carbonyl (C=O) groups excluding carboxylic acids is 2. The van der Waals surface area contributed by atoms with Gasteiger partial charge in [-0.2, -0.15) is 5.10 Å². The number of amides is 1. The number of ketones is 1. The van der Waals surface area contributed by atoms with Crippen molar-refractivity contribution in [2.75, 3.05) is 5.32 Å². The number of rotatable bonds is 3. The van der Waals surface area contributed by atoms with Gasteiger partial charge in [-0.25, -0.2) is 15.1 Å². The van der Waals surface area contributed by atoms with Gasteiger partial charge in [-0.15, -0.1) is 0 Å². The van der Waals surface area contributed by atoms with Gasteiger partial charge in [0.2, 0.25) is 0 Å². The van der Waals surface area contributed by atoms with Crippen molar-refractivity contribution in [3.05, 3.63) is 62.8 Å². The van der Waals surface area contributed by atoms with Gasteiger partial charge in [0.1, 0.15) is 6.20 Å².